The topological polar surface area (TPSA) is 80.5 Å². The summed E-state index contributed by atoms with van der Waals surface area (Å²) in [5.41, 5.74) is 8.03. The lowest BCUT2D eigenvalue weighted by Crippen LogP contribution is -1.92. The van der Waals surface area contributed by atoms with Crippen molar-refractivity contribution in [3.8, 4) is 0 Å². The number of nitrogens with one attached hydrogen (secondary N) is 1. The molecule has 0 spiro atoms. The molecule has 2 aromatic heterocycles. The van der Waals surface area contributed by atoms with Crippen molar-refractivity contribution in [3.05, 3.63) is 30.5 Å². The Kier molecular flexibility index (Phi) is 4.43. The van der Waals surface area contributed by atoms with Crippen molar-refractivity contribution in [2.24, 2.45) is 5.73 Å². The largest absolute Gasteiger partial charge is 0.342 e. The Hall–Kier alpha value is -1.75. The average Bonchev–Trinajstić information content (AvgIpc) is 2.65. The van der Waals surface area contributed by atoms with Gasteiger partial charge in [0.05, 0.1) is 12.5 Å². The lowest BCUT2D eigenvalue weighted by atomic mass is 10.3. The van der Waals surface area contributed by atoms with Crippen LogP contribution in [0.3, 0.4) is 0 Å². The Bertz CT molecular complexity index is 398. The Labute approximate surface area is 88.5 Å². The number of imidazole rings is 1. The summed E-state index contributed by atoms with van der Waals surface area (Å²) in [4.78, 5) is 14.5. The van der Waals surface area contributed by atoms with E-state index in [0.29, 0.717) is 12.2 Å². The molecule has 0 aliphatic rings. The standard InChI is InChI=1S/C5H4N4.C5H11N/c1-4-5(8-2-6-1)9-3-7-4;1-5(2)3-4-6/h1-3H,(H,6,7,8,9);3H,4,6H2,1-2H3. The van der Waals surface area contributed by atoms with E-state index in [-0.39, 0.29) is 0 Å². The Morgan fingerprint density at radius 3 is 2.80 bits per heavy atom. The first-order valence-electron chi connectivity index (χ1n) is 4.66. The van der Waals surface area contributed by atoms with Crippen LogP contribution in [0.25, 0.3) is 11.2 Å². The zero-order valence-corrected chi connectivity index (χ0v) is 8.94. The number of hydrogen-bond acceptors (Lipinski definition) is 4. The van der Waals surface area contributed by atoms with E-state index in [1.165, 1.54) is 11.9 Å². The molecule has 5 heteroatoms. The summed E-state index contributed by atoms with van der Waals surface area (Å²) in [6.07, 6.45) is 6.75. The molecule has 3 N–H and O–H groups in total. The van der Waals surface area contributed by atoms with E-state index in [4.69, 9.17) is 5.73 Å². The van der Waals surface area contributed by atoms with Gasteiger partial charge in [-0.1, -0.05) is 11.6 Å². The number of rotatable bonds is 1. The van der Waals surface area contributed by atoms with Gasteiger partial charge in [-0.3, -0.25) is 0 Å². The van der Waals surface area contributed by atoms with E-state index in [0.717, 1.165) is 5.52 Å². The number of H-pyrrole nitrogens is 1. The number of nitrogens with zero attached hydrogens (tertiary/aromatic N) is 3. The Morgan fingerprint density at radius 1 is 1.47 bits per heavy atom. The summed E-state index contributed by atoms with van der Waals surface area (Å²) in [5.74, 6) is 0. The molecule has 0 radical (unpaired) electrons. The molecule has 0 aliphatic heterocycles. The van der Waals surface area contributed by atoms with Gasteiger partial charge in [-0.15, -0.1) is 0 Å². The highest BCUT2D eigenvalue weighted by molar-refractivity contribution is 5.67. The number of allylic oxidation sites excluding steroid dienone is 1. The van der Waals surface area contributed by atoms with Crippen molar-refractivity contribution in [1.29, 1.82) is 0 Å². The normalized spacial score (nSPS) is 9.27. The zero-order valence-electron chi connectivity index (χ0n) is 8.94. The van der Waals surface area contributed by atoms with E-state index in [1.54, 1.807) is 12.5 Å². The fourth-order valence-electron chi connectivity index (χ4n) is 0.927. The van der Waals surface area contributed by atoms with Gasteiger partial charge in [-0.2, -0.15) is 0 Å². The highest BCUT2D eigenvalue weighted by atomic mass is 15.0. The number of aromatic amines is 1. The fraction of sp³-hybridized carbons (Fsp3) is 0.300. The molecule has 5 nitrogen and oxygen atoms in total. The minimum Gasteiger partial charge on any atom is -0.342 e. The SMILES string of the molecule is CC(C)=CCN.c1ncc2[nH]cnc2n1. The highest BCUT2D eigenvalue weighted by Crippen LogP contribution is 1.99. The van der Waals surface area contributed by atoms with E-state index in [1.807, 2.05) is 19.9 Å². The summed E-state index contributed by atoms with van der Waals surface area (Å²) in [6.45, 7) is 4.74. The summed E-state index contributed by atoms with van der Waals surface area (Å²) in [6, 6.07) is 0. The molecule has 0 amide bonds. The molecule has 2 heterocycles. The van der Waals surface area contributed by atoms with Crippen LogP contribution in [-0.4, -0.2) is 26.5 Å². The van der Waals surface area contributed by atoms with Crippen molar-refractivity contribution < 1.29 is 0 Å². The molecule has 0 aliphatic carbocycles. The second-order valence-electron chi connectivity index (χ2n) is 3.18. The molecule has 0 atom stereocenters. The smallest absolute Gasteiger partial charge is 0.180 e. The third-order valence-corrected chi connectivity index (χ3v) is 1.62. The molecule has 2 aromatic rings. The predicted molar refractivity (Wildman–Crippen MR) is 60.2 cm³/mol. The predicted octanol–water partition coefficient (Wildman–Crippen LogP) is 1.26. The van der Waals surface area contributed by atoms with Gasteiger partial charge in [0.25, 0.3) is 0 Å². The molecule has 0 saturated heterocycles. The number of aromatic nitrogens is 4. The zero-order chi connectivity index (χ0) is 11.1. The van der Waals surface area contributed by atoms with Crippen molar-refractivity contribution in [2.75, 3.05) is 6.54 Å². The van der Waals surface area contributed by atoms with Gasteiger partial charge in [0.1, 0.15) is 11.8 Å². The van der Waals surface area contributed by atoms with E-state index < -0.39 is 0 Å². The summed E-state index contributed by atoms with van der Waals surface area (Å²) in [7, 11) is 0. The first-order valence-corrected chi connectivity index (χ1v) is 4.66. The minimum atomic E-state index is 0.669. The molecule has 0 bridgehead atoms. The van der Waals surface area contributed by atoms with Crippen molar-refractivity contribution in [1.82, 2.24) is 19.9 Å². The lowest BCUT2D eigenvalue weighted by Gasteiger charge is -1.80. The first kappa shape index (κ1) is 11.3. The van der Waals surface area contributed by atoms with Crippen molar-refractivity contribution in [3.63, 3.8) is 0 Å². The molecular formula is C10H15N5. The van der Waals surface area contributed by atoms with E-state index in [9.17, 15) is 0 Å². The molecular weight excluding hydrogens is 190 g/mol. The van der Waals surface area contributed by atoms with Crippen LogP contribution < -0.4 is 5.73 Å². The van der Waals surface area contributed by atoms with Crippen LogP contribution in [0.2, 0.25) is 0 Å². The van der Waals surface area contributed by atoms with Crippen LogP contribution in [0.15, 0.2) is 30.5 Å². The molecule has 2 rings (SSSR count). The van der Waals surface area contributed by atoms with Crippen molar-refractivity contribution >= 4 is 11.2 Å². The quantitative estimate of drug-likeness (QED) is 0.687. The molecule has 15 heavy (non-hydrogen) atoms. The molecule has 0 fully saturated rings. The summed E-state index contributed by atoms with van der Waals surface area (Å²) in [5, 5.41) is 0. The number of fused-ring (bicyclic) bond motifs is 1. The van der Waals surface area contributed by atoms with Crippen LogP contribution in [0.1, 0.15) is 13.8 Å². The lowest BCUT2D eigenvalue weighted by molar-refractivity contribution is 1.20. The van der Waals surface area contributed by atoms with Crippen LogP contribution in [0.4, 0.5) is 0 Å². The summed E-state index contributed by atoms with van der Waals surface area (Å²) < 4.78 is 0. The van der Waals surface area contributed by atoms with Gasteiger partial charge in [0, 0.05) is 6.54 Å². The highest BCUT2D eigenvalue weighted by Gasteiger charge is 1.91. The number of hydrogen-bond donors (Lipinski definition) is 2. The van der Waals surface area contributed by atoms with Crippen molar-refractivity contribution in [2.45, 2.75) is 13.8 Å². The fourth-order valence-corrected chi connectivity index (χ4v) is 0.927. The van der Waals surface area contributed by atoms with Gasteiger partial charge >= 0.3 is 0 Å². The van der Waals surface area contributed by atoms with Gasteiger partial charge < -0.3 is 10.7 Å². The minimum absolute atomic E-state index is 0.669. The Balaban J connectivity index is 0.000000167. The van der Waals surface area contributed by atoms with Gasteiger partial charge in [0.15, 0.2) is 5.65 Å². The molecule has 0 unspecified atom stereocenters. The maximum absolute atomic E-state index is 5.15. The van der Waals surface area contributed by atoms with Gasteiger partial charge in [0.2, 0.25) is 0 Å². The van der Waals surface area contributed by atoms with Crippen LogP contribution >= 0.6 is 0 Å². The van der Waals surface area contributed by atoms with Crippen LogP contribution in [0.5, 0.6) is 0 Å². The van der Waals surface area contributed by atoms with Crippen LogP contribution in [-0.2, 0) is 0 Å². The first-order chi connectivity index (χ1) is 7.24. The Morgan fingerprint density at radius 2 is 2.27 bits per heavy atom. The molecule has 0 aromatic carbocycles. The third-order valence-electron chi connectivity index (χ3n) is 1.62. The maximum atomic E-state index is 5.15. The van der Waals surface area contributed by atoms with Crippen LogP contribution in [0, 0.1) is 0 Å². The second-order valence-corrected chi connectivity index (χ2v) is 3.18. The molecule has 0 saturated carbocycles. The van der Waals surface area contributed by atoms with E-state index in [2.05, 4.69) is 19.9 Å². The maximum Gasteiger partial charge on any atom is 0.180 e. The molecule has 80 valence electrons. The summed E-state index contributed by atoms with van der Waals surface area (Å²) >= 11 is 0. The third kappa shape index (κ3) is 3.86. The second kappa shape index (κ2) is 5.87. The van der Waals surface area contributed by atoms with Gasteiger partial charge in [-0.25, -0.2) is 15.0 Å². The monoisotopic (exact) mass is 205 g/mol. The van der Waals surface area contributed by atoms with Gasteiger partial charge in [-0.05, 0) is 13.8 Å². The van der Waals surface area contributed by atoms with E-state index >= 15 is 0 Å². The average molecular weight is 205 g/mol. The number of nitrogens with two attached hydrogens (primary N) is 1.